The molecule has 2 aromatic rings. The standard InChI is InChI=1S/C22H26N2O5/c1-14-8-5-6-11-18(14)28-13-20(26)29-17(4)22(27)23-12-19(25)24-21-15(2)9-7-10-16(21)3/h5-11,17H,12-13H2,1-4H3,(H,23,27)(H,24,25). The Kier molecular flexibility index (Phi) is 7.77. The summed E-state index contributed by atoms with van der Waals surface area (Å²) >= 11 is 0. The third kappa shape index (κ3) is 6.64. The van der Waals surface area contributed by atoms with Crippen molar-refractivity contribution in [2.24, 2.45) is 0 Å². The zero-order chi connectivity index (χ0) is 21.4. The van der Waals surface area contributed by atoms with Gasteiger partial charge < -0.3 is 20.1 Å². The van der Waals surface area contributed by atoms with E-state index in [9.17, 15) is 14.4 Å². The van der Waals surface area contributed by atoms with E-state index in [0.717, 1.165) is 22.4 Å². The Morgan fingerprint density at radius 3 is 2.21 bits per heavy atom. The van der Waals surface area contributed by atoms with Crippen molar-refractivity contribution in [3.05, 3.63) is 59.2 Å². The molecule has 1 unspecified atom stereocenters. The van der Waals surface area contributed by atoms with Crippen molar-refractivity contribution in [3.8, 4) is 5.75 Å². The average molecular weight is 398 g/mol. The highest BCUT2D eigenvalue weighted by molar-refractivity contribution is 5.96. The number of aryl methyl sites for hydroxylation is 3. The number of carbonyl (C=O) groups excluding carboxylic acids is 3. The van der Waals surface area contributed by atoms with Crippen LogP contribution in [0.5, 0.6) is 5.75 Å². The Labute approximate surface area is 170 Å². The van der Waals surface area contributed by atoms with Gasteiger partial charge in [-0.25, -0.2) is 4.79 Å². The fourth-order valence-corrected chi connectivity index (χ4v) is 2.65. The molecule has 0 aliphatic carbocycles. The number of benzene rings is 2. The van der Waals surface area contributed by atoms with Crippen LogP contribution in [0.1, 0.15) is 23.6 Å². The van der Waals surface area contributed by atoms with E-state index in [2.05, 4.69) is 10.6 Å². The van der Waals surface area contributed by atoms with Crippen LogP contribution >= 0.6 is 0 Å². The van der Waals surface area contributed by atoms with Gasteiger partial charge in [0.2, 0.25) is 5.91 Å². The van der Waals surface area contributed by atoms with Gasteiger partial charge in [-0.05, 0) is 50.5 Å². The van der Waals surface area contributed by atoms with Crippen LogP contribution in [0.3, 0.4) is 0 Å². The van der Waals surface area contributed by atoms with E-state index in [1.54, 1.807) is 12.1 Å². The summed E-state index contributed by atoms with van der Waals surface area (Å²) in [5, 5.41) is 5.24. The summed E-state index contributed by atoms with van der Waals surface area (Å²) in [6.45, 7) is 6.54. The van der Waals surface area contributed by atoms with Gasteiger partial charge in [-0.2, -0.15) is 0 Å². The molecule has 0 aliphatic rings. The molecular weight excluding hydrogens is 372 g/mol. The Morgan fingerprint density at radius 1 is 0.931 bits per heavy atom. The summed E-state index contributed by atoms with van der Waals surface area (Å²) in [7, 11) is 0. The summed E-state index contributed by atoms with van der Waals surface area (Å²) in [5.74, 6) is -1.02. The molecule has 0 fully saturated rings. The molecule has 7 nitrogen and oxygen atoms in total. The molecule has 2 amide bonds. The fourth-order valence-electron chi connectivity index (χ4n) is 2.65. The van der Waals surface area contributed by atoms with Crippen LogP contribution in [0.15, 0.2) is 42.5 Å². The molecule has 2 N–H and O–H groups in total. The van der Waals surface area contributed by atoms with Crippen LogP contribution in [0.2, 0.25) is 0 Å². The molecule has 0 spiro atoms. The van der Waals surface area contributed by atoms with Crippen LogP contribution < -0.4 is 15.4 Å². The molecule has 0 heterocycles. The number of carbonyl (C=O) groups is 3. The normalized spacial score (nSPS) is 11.3. The second-order valence-corrected chi connectivity index (χ2v) is 6.72. The predicted octanol–water partition coefficient (Wildman–Crippen LogP) is 2.68. The van der Waals surface area contributed by atoms with Crippen molar-refractivity contribution in [3.63, 3.8) is 0 Å². The molecule has 0 aliphatic heterocycles. The van der Waals surface area contributed by atoms with Crippen LogP contribution in [-0.4, -0.2) is 37.0 Å². The van der Waals surface area contributed by atoms with Crippen molar-refractivity contribution in [1.29, 1.82) is 0 Å². The Balaban J connectivity index is 1.76. The summed E-state index contributed by atoms with van der Waals surface area (Å²) in [5.41, 5.74) is 3.47. The zero-order valence-corrected chi connectivity index (χ0v) is 17.1. The SMILES string of the molecule is Cc1ccccc1OCC(=O)OC(C)C(=O)NCC(=O)Nc1c(C)cccc1C. The van der Waals surface area contributed by atoms with Crippen molar-refractivity contribution in [2.45, 2.75) is 33.8 Å². The van der Waals surface area contributed by atoms with Crippen LogP contribution in [0, 0.1) is 20.8 Å². The first-order valence-electron chi connectivity index (χ1n) is 9.29. The fraction of sp³-hybridized carbons (Fsp3) is 0.318. The van der Waals surface area contributed by atoms with E-state index in [-0.39, 0.29) is 19.1 Å². The van der Waals surface area contributed by atoms with Gasteiger partial charge in [0.1, 0.15) is 5.75 Å². The van der Waals surface area contributed by atoms with Crippen LogP contribution in [-0.2, 0) is 19.1 Å². The molecule has 0 bridgehead atoms. The van der Waals surface area contributed by atoms with E-state index in [1.165, 1.54) is 6.92 Å². The molecule has 29 heavy (non-hydrogen) atoms. The summed E-state index contributed by atoms with van der Waals surface area (Å²) < 4.78 is 10.5. The third-order valence-electron chi connectivity index (χ3n) is 4.29. The maximum absolute atomic E-state index is 12.1. The van der Waals surface area contributed by atoms with Gasteiger partial charge >= 0.3 is 5.97 Å². The van der Waals surface area contributed by atoms with E-state index >= 15 is 0 Å². The Bertz CT molecular complexity index is 874. The number of ether oxygens (including phenoxy) is 2. The summed E-state index contributed by atoms with van der Waals surface area (Å²) in [4.78, 5) is 36.1. The largest absolute Gasteiger partial charge is 0.482 e. The lowest BCUT2D eigenvalue weighted by Crippen LogP contribution is -2.40. The first-order chi connectivity index (χ1) is 13.8. The monoisotopic (exact) mass is 398 g/mol. The lowest BCUT2D eigenvalue weighted by molar-refractivity contribution is -0.156. The van der Waals surface area contributed by atoms with Gasteiger partial charge in [-0.1, -0.05) is 36.4 Å². The maximum Gasteiger partial charge on any atom is 0.344 e. The molecule has 0 saturated heterocycles. The summed E-state index contributed by atoms with van der Waals surface area (Å²) in [6, 6.07) is 13.0. The van der Waals surface area contributed by atoms with Crippen molar-refractivity contribution >= 4 is 23.5 Å². The van der Waals surface area contributed by atoms with E-state index in [1.807, 2.05) is 51.1 Å². The van der Waals surface area contributed by atoms with Gasteiger partial charge in [0, 0.05) is 5.69 Å². The second-order valence-electron chi connectivity index (χ2n) is 6.72. The van der Waals surface area contributed by atoms with Crippen molar-refractivity contribution in [1.82, 2.24) is 5.32 Å². The number of rotatable bonds is 8. The first kappa shape index (κ1) is 21.9. The smallest absolute Gasteiger partial charge is 0.344 e. The minimum absolute atomic E-state index is 0.228. The third-order valence-corrected chi connectivity index (χ3v) is 4.29. The number of esters is 1. The number of amides is 2. The number of nitrogens with one attached hydrogen (secondary N) is 2. The molecule has 0 radical (unpaired) electrons. The van der Waals surface area contributed by atoms with Crippen LogP contribution in [0.25, 0.3) is 0 Å². The second kappa shape index (κ2) is 10.3. The molecular formula is C22H26N2O5. The highest BCUT2D eigenvalue weighted by Gasteiger charge is 2.19. The molecule has 0 aromatic heterocycles. The van der Waals surface area contributed by atoms with Gasteiger partial charge in [0.05, 0.1) is 6.54 Å². The van der Waals surface area contributed by atoms with Gasteiger partial charge in [-0.15, -0.1) is 0 Å². The highest BCUT2D eigenvalue weighted by atomic mass is 16.6. The van der Waals surface area contributed by atoms with Gasteiger partial charge in [0.25, 0.3) is 5.91 Å². The van der Waals surface area contributed by atoms with Gasteiger partial charge in [-0.3, -0.25) is 9.59 Å². The minimum atomic E-state index is -1.05. The Hall–Kier alpha value is -3.35. The molecule has 7 heteroatoms. The molecule has 1 atom stereocenters. The quantitative estimate of drug-likeness (QED) is 0.667. The molecule has 154 valence electrons. The van der Waals surface area contributed by atoms with E-state index in [0.29, 0.717) is 5.75 Å². The Morgan fingerprint density at radius 2 is 1.55 bits per heavy atom. The van der Waals surface area contributed by atoms with Crippen molar-refractivity contribution < 1.29 is 23.9 Å². The summed E-state index contributed by atoms with van der Waals surface area (Å²) in [6.07, 6.45) is -1.05. The van der Waals surface area contributed by atoms with Crippen LogP contribution in [0.4, 0.5) is 5.69 Å². The zero-order valence-electron chi connectivity index (χ0n) is 17.1. The van der Waals surface area contributed by atoms with E-state index in [4.69, 9.17) is 9.47 Å². The average Bonchev–Trinajstić information content (AvgIpc) is 2.68. The topological polar surface area (TPSA) is 93.7 Å². The molecule has 2 rings (SSSR count). The lowest BCUT2D eigenvalue weighted by atomic mass is 10.1. The first-order valence-corrected chi connectivity index (χ1v) is 9.29. The van der Waals surface area contributed by atoms with E-state index < -0.39 is 18.0 Å². The number of anilines is 1. The number of hydrogen-bond acceptors (Lipinski definition) is 5. The number of hydrogen-bond donors (Lipinski definition) is 2. The molecule has 2 aromatic carbocycles. The minimum Gasteiger partial charge on any atom is -0.482 e. The van der Waals surface area contributed by atoms with Crippen molar-refractivity contribution in [2.75, 3.05) is 18.5 Å². The number of para-hydroxylation sites is 2. The lowest BCUT2D eigenvalue weighted by Gasteiger charge is -2.15. The van der Waals surface area contributed by atoms with Gasteiger partial charge in [0.15, 0.2) is 12.7 Å². The maximum atomic E-state index is 12.1. The highest BCUT2D eigenvalue weighted by Crippen LogP contribution is 2.19. The molecule has 0 saturated carbocycles. The predicted molar refractivity (Wildman–Crippen MR) is 110 cm³/mol.